The Hall–Kier alpha value is -4.40. The molecule has 0 saturated carbocycles. The summed E-state index contributed by atoms with van der Waals surface area (Å²) in [6.45, 7) is 0. The van der Waals surface area contributed by atoms with Crippen LogP contribution < -0.4 is 0 Å². The fraction of sp³-hybridized carbons (Fsp3) is 0. The standard InChI is InChI=1S/C30H22N2O4S2/c33-37(34,27-13-3-1-4-14-27)31-25(21-23-11-7-9-17-29(23)31)19-20-26-22-24-12-8-10-18-30(24)32(26)38(35,36)28-15-5-2-6-16-28/h1-22H/b20-19+. The van der Waals surface area contributed by atoms with Crippen molar-refractivity contribution in [3.8, 4) is 0 Å². The van der Waals surface area contributed by atoms with Gasteiger partial charge in [0.15, 0.2) is 0 Å². The molecule has 2 heterocycles. The molecule has 0 fully saturated rings. The lowest BCUT2D eigenvalue weighted by atomic mass is 10.2. The van der Waals surface area contributed by atoms with Gasteiger partial charge in [0.05, 0.1) is 32.2 Å². The molecule has 6 aromatic rings. The van der Waals surface area contributed by atoms with E-state index < -0.39 is 20.0 Å². The zero-order valence-corrected chi connectivity index (χ0v) is 21.7. The van der Waals surface area contributed by atoms with E-state index >= 15 is 0 Å². The summed E-state index contributed by atoms with van der Waals surface area (Å²) in [5, 5.41) is 1.51. The Morgan fingerprint density at radius 2 is 0.789 bits per heavy atom. The van der Waals surface area contributed by atoms with Gasteiger partial charge in [0.2, 0.25) is 0 Å². The molecular formula is C30H22N2O4S2. The Morgan fingerprint density at radius 3 is 1.18 bits per heavy atom. The molecule has 188 valence electrons. The molecule has 0 N–H and O–H groups in total. The molecule has 0 atom stereocenters. The van der Waals surface area contributed by atoms with E-state index in [0.717, 1.165) is 10.8 Å². The number of hydrogen-bond acceptors (Lipinski definition) is 4. The van der Waals surface area contributed by atoms with Crippen molar-refractivity contribution >= 4 is 54.0 Å². The van der Waals surface area contributed by atoms with Crippen LogP contribution in [-0.2, 0) is 20.0 Å². The van der Waals surface area contributed by atoms with Crippen LogP contribution in [0.1, 0.15) is 11.4 Å². The second kappa shape index (κ2) is 9.16. The molecule has 0 aliphatic rings. The normalized spacial score (nSPS) is 12.5. The second-order valence-electron chi connectivity index (χ2n) is 8.75. The van der Waals surface area contributed by atoms with Gasteiger partial charge < -0.3 is 0 Å². The van der Waals surface area contributed by atoms with Crippen molar-refractivity contribution in [3.63, 3.8) is 0 Å². The van der Waals surface area contributed by atoms with Gasteiger partial charge in [0.1, 0.15) is 0 Å². The molecule has 6 rings (SSSR count). The van der Waals surface area contributed by atoms with Crippen LogP contribution in [-0.4, -0.2) is 24.8 Å². The van der Waals surface area contributed by atoms with Crippen LogP contribution in [0.25, 0.3) is 34.0 Å². The third kappa shape index (κ3) is 3.95. The third-order valence-electron chi connectivity index (χ3n) is 6.37. The maximum atomic E-state index is 13.7. The predicted octanol–water partition coefficient (Wildman–Crippen LogP) is 6.24. The summed E-state index contributed by atoms with van der Waals surface area (Å²) in [5.74, 6) is 0. The van der Waals surface area contributed by atoms with Crippen LogP contribution >= 0.6 is 0 Å². The molecule has 0 saturated heterocycles. The summed E-state index contributed by atoms with van der Waals surface area (Å²) in [6.07, 6.45) is 3.29. The molecular weight excluding hydrogens is 516 g/mol. The predicted molar refractivity (Wildman–Crippen MR) is 151 cm³/mol. The second-order valence-corrected chi connectivity index (χ2v) is 12.3. The van der Waals surface area contributed by atoms with E-state index in [1.807, 2.05) is 24.3 Å². The molecule has 2 aromatic heterocycles. The van der Waals surface area contributed by atoms with E-state index in [4.69, 9.17) is 0 Å². The minimum atomic E-state index is -3.92. The van der Waals surface area contributed by atoms with Crippen molar-refractivity contribution in [2.24, 2.45) is 0 Å². The highest BCUT2D eigenvalue weighted by molar-refractivity contribution is 7.90. The van der Waals surface area contributed by atoms with Gasteiger partial charge in [0, 0.05) is 10.8 Å². The van der Waals surface area contributed by atoms with Crippen molar-refractivity contribution in [2.75, 3.05) is 0 Å². The third-order valence-corrected chi connectivity index (χ3v) is 9.89. The molecule has 0 aliphatic carbocycles. The quantitative estimate of drug-likeness (QED) is 0.251. The van der Waals surface area contributed by atoms with Gasteiger partial charge in [-0.15, -0.1) is 0 Å². The number of aromatic nitrogens is 2. The SMILES string of the molecule is O=S(=O)(c1ccccc1)n1c(/C=C/c2cc3ccccc3n2S(=O)(=O)c2ccccc2)cc2ccccc21. The molecule has 0 spiro atoms. The fourth-order valence-corrected chi connectivity index (χ4v) is 7.69. The van der Waals surface area contributed by atoms with Gasteiger partial charge in [-0.1, -0.05) is 72.8 Å². The van der Waals surface area contributed by atoms with Gasteiger partial charge in [0.25, 0.3) is 20.0 Å². The number of para-hydroxylation sites is 2. The lowest BCUT2D eigenvalue weighted by molar-refractivity contribution is 0.587. The molecule has 4 aromatic carbocycles. The molecule has 8 heteroatoms. The Labute approximate surface area is 220 Å². The van der Waals surface area contributed by atoms with Gasteiger partial charge in [-0.25, -0.2) is 24.8 Å². The summed E-state index contributed by atoms with van der Waals surface area (Å²) in [7, 11) is -7.85. The number of hydrogen-bond donors (Lipinski definition) is 0. The van der Waals surface area contributed by atoms with Crippen LogP contribution in [0.4, 0.5) is 0 Å². The topological polar surface area (TPSA) is 78.1 Å². The number of rotatable bonds is 6. The van der Waals surface area contributed by atoms with E-state index in [1.165, 1.54) is 7.94 Å². The van der Waals surface area contributed by atoms with Crippen molar-refractivity contribution < 1.29 is 16.8 Å². The Kier molecular flexibility index (Phi) is 5.78. The smallest absolute Gasteiger partial charge is 0.234 e. The maximum absolute atomic E-state index is 13.7. The average molecular weight is 539 g/mol. The summed E-state index contributed by atoms with van der Waals surface area (Å²) in [6, 6.07) is 34.5. The summed E-state index contributed by atoms with van der Waals surface area (Å²) >= 11 is 0. The van der Waals surface area contributed by atoms with Gasteiger partial charge in [-0.3, -0.25) is 0 Å². The first-order valence-corrected chi connectivity index (χ1v) is 14.8. The van der Waals surface area contributed by atoms with Crippen LogP contribution in [0, 0.1) is 0 Å². The molecule has 0 radical (unpaired) electrons. The first-order chi connectivity index (χ1) is 18.4. The zero-order valence-electron chi connectivity index (χ0n) is 20.0. The minimum Gasteiger partial charge on any atom is -0.234 e. The highest BCUT2D eigenvalue weighted by atomic mass is 32.2. The van der Waals surface area contributed by atoms with Crippen LogP contribution in [0.15, 0.2) is 131 Å². The van der Waals surface area contributed by atoms with Crippen molar-refractivity contribution in [1.29, 1.82) is 0 Å². The number of nitrogens with zero attached hydrogens (tertiary/aromatic N) is 2. The number of benzene rings is 4. The largest absolute Gasteiger partial charge is 0.268 e. The van der Waals surface area contributed by atoms with Crippen molar-refractivity contribution in [3.05, 3.63) is 133 Å². The zero-order chi connectivity index (χ0) is 26.3. The lowest BCUT2D eigenvalue weighted by Crippen LogP contribution is -2.15. The van der Waals surface area contributed by atoms with Gasteiger partial charge >= 0.3 is 0 Å². The van der Waals surface area contributed by atoms with E-state index in [0.29, 0.717) is 22.4 Å². The Bertz CT molecular complexity index is 1890. The Morgan fingerprint density at radius 1 is 0.447 bits per heavy atom. The van der Waals surface area contributed by atoms with Crippen LogP contribution in [0.5, 0.6) is 0 Å². The van der Waals surface area contributed by atoms with Gasteiger partial charge in [-0.05, 0) is 60.7 Å². The van der Waals surface area contributed by atoms with E-state index in [2.05, 4.69) is 0 Å². The molecule has 0 unspecified atom stereocenters. The maximum Gasteiger partial charge on any atom is 0.268 e. The molecule has 0 aliphatic heterocycles. The first kappa shape index (κ1) is 24.0. The fourth-order valence-electron chi connectivity index (χ4n) is 4.64. The van der Waals surface area contributed by atoms with Crippen LogP contribution in [0.3, 0.4) is 0 Å². The molecule has 38 heavy (non-hydrogen) atoms. The van der Waals surface area contributed by atoms with Crippen molar-refractivity contribution in [2.45, 2.75) is 9.79 Å². The molecule has 0 bridgehead atoms. The summed E-state index contributed by atoms with van der Waals surface area (Å²) in [4.78, 5) is 0.327. The lowest BCUT2D eigenvalue weighted by Gasteiger charge is -2.11. The summed E-state index contributed by atoms with van der Waals surface area (Å²) in [5.41, 5.74) is 1.88. The highest BCUT2D eigenvalue weighted by Gasteiger charge is 2.24. The molecule has 0 amide bonds. The number of fused-ring (bicyclic) bond motifs is 2. The average Bonchev–Trinajstić information content (AvgIpc) is 3.51. The Balaban J connectivity index is 1.56. The van der Waals surface area contributed by atoms with Gasteiger partial charge in [-0.2, -0.15) is 0 Å². The minimum absolute atomic E-state index is 0.164. The summed E-state index contributed by atoms with van der Waals surface area (Å²) < 4.78 is 57.5. The van der Waals surface area contributed by atoms with Crippen LogP contribution in [0.2, 0.25) is 0 Å². The van der Waals surface area contributed by atoms with E-state index in [1.54, 1.807) is 109 Å². The van der Waals surface area contributed by atoms with E-state index in [-0.39, 0.29) is 9.79 Å². The highest BCUT2D eigenvalue weighted by Crippen LogP contribution is 2.30. The molecule has 6 nitrogen and oxygen atoms in total. The van der Waals surface area contributed by atoms with Crippen molar-refractivity contribution in [1.82, 2.24) is 7.94 Å². The first-order valence-electron chi connectivity index (χ1n) is 11.9. The monoisotopic (exact) mass is 538 g/mol. The van der Waals surface area contributed by atoms with E-state index in [9.17, 15) is 16.8 Å².